The lowest BCUT2D eigenvalue weighted by Gasteiger charge is -2.25. The van der Waals surface area contributed by atoms with Crippen LogP contribution in [0.25, 0.3) is 0 Å². The van der Waals surface area contributed by atoms with E-state index in [4.69, 9.17) is 5.73 Å². The Bertz CT molecular complexity index is 462. The zero-order chi connectivity index (χ0) is 14.3. The van der Waals surface area contributed by atoms with Gasteiger partial charge in [-0.25, -0.2) is 0 Å². The van der Waals surface area contributed by atoms with Gasteiger partial charge in [-0.15, -0.1) is 0 Å². The number of nitrogens with zero attached hydrogens (tertiary/aromatic N) is 2. The van der Waals surface area contributed by atoms with Crippen LogP contribution in [0.1, 0.15) is 25.3 Å². The number of nitrogens with two attached hydrogens (primary N) is 1. The molecular formula is C17H27N3. The lowest BCUT2D eigenvalue weighted by molar-refractivity contribution is 0.246. The fraction of sp³-hybridized carbons (Fsp3) is 0.647. The summed E-state index contributed by atoms with van der Waals surface area (Å²) < 4.78 is 0. The summed E-state index contributed by atoms with van der Waals surface area (Å²) in [6.07, 6.45) is 2.66. The maximum Gasteiger partial charge on any atom is 0.0314 e. The van der Waals surface area contributed by atoms with E-state index in [1.54, 1.807) is 0 Å². The van der Waals surface area contributed by atoms with Gasteiger partial charge in [0.1, 0.15) is 0 Å². The maximum absolute atomic E-state index is 5.81. The van der Waals surface area contributed by atoms with Gasteiger partial charge in [-0.1, -0.05) is 19.1 Å². The van der Waals surface area contributed by atoms with Gasteiger partial charge in [0.25, 0.3) is 0 Å². The van der Waals surface area contributed by atoms with E-state index in [1.807, 2.05) is 12.1 Å². The highest BCUT2D eigenvalue weighted by molar-refractivity contribution is 5.43. The molecule has 1 aliphatic carbocycles. The molecule has 20 heavy (non-hydrogen) atoms. The Hall–Kier alpha value is -1.06. The van der Waals surface area contributed by atoms with Crippen LogP contribution < -0.4 is 5.73 Å². The van der Waals surface area contributed by atoms with Crippen LogP contribution in [0.5, 0.6) is 0 Å². The third-order valence-corrected chi connectivity index (χ3v) is 5.21. The third-order valence-electron chi connectivity index (χ3n) is 5.21. The first kappa shape index (κ1) is 13.9. The standard InChI is InChI=1S/C17H27N3/c1-13-10-20(11-16(13)19(2)3)12-17(8-9-17)14-4-6-15(18)7-5-14/h4-7,13,16H,8-12,18H2,1-3H3. The summed E-state index contributed by atoms with van der Waals surface area (Å²) in [5.41, 5.74) is 8.57. The second-order valence-electron chi connectivity index (χ2n) is 7.10. The number of rotatable bonds is 4. The normalized spacial score (nSPS) is 29.0. The van der Waals surface area contributed by atoms with Crippen LogP contribution in [0.4, 0.5) is 5.69 Å². The highest BCUT2D eigenvalue weighted by Gasteiger charge is 2.47. The van der Waals surface area contributed by atoms with Crippen LogP contribution in [-0.2, 0) is 5.41 Å². The van der Waals surface area contributed by atoms with Gasteiger partial charge in [-0.2, -0.15) is 0 Å². The zero-order valence-corrected chi connectivity index (χ0v) is 13.0. The molecule has 2 unspecified atom stereocenters. The van der Waals surface area contributed by atoms with E-state index in [9.17, 15) is 0 Å². The number of hydrogen-bond acceptors (Lipinski definition) is 3. The molecule has 2 aliphatic rings. The fourth-order valence-electron chi connectivity index (χ4n) is 3.80. The zero-order valence-electron chi connectivity index (χ0n) is 13.0. The van der Waals surface area contributed by atoms with Crippen LogP contribution in [0.3, 0.4) is 0 Å². The van der Waals surface area contributed by atoms with E-state index in [1.165, 1.54) is 38.0 Å². The topological polar surface area (TPSA) is 32.5 Å². The van der Waals surface area contributed by atoms with Crippen molar-refractivity contribution in [3.05, 3.63) is 29.8 Å². The molecule has 0 spiro atoms. The van der Waals surface area contributed by atoms with E-state index in [0.29, 0.717) is 11.5 Å². The second kappa shape index (κ2) is 5.05. The van der Waals surface area contributed by atoms with Crippen LogP contribution in [0.15, 0.2) is 24.3 Å². The van der Waals surface area contributed by atoms with Crippen LogP contribution in [0.2, 0.25) is 0 Å². The minimum atomic E-state index is 0.411. The van der Waals surface area contributed by atoms with Crippen molar-refractivity contribution in [1.82, 2.24) is 9.80 Å². The summed E-state index contributed by atoms with van der Waals surface area (Å²) in [5.74, 6) is 0.771. The lowest BCUT2D eigenvalue weighted by Crippen LogP contribution is -2.36. The molecule has 0 bridgehead atoms. The molecule has 0 radical (unpaired) electrons. The summed E-state index contributed by atoms with van der Waals surface area (Å²) in [6.45, 7) is 6.05. The first-order valence-corrected chi connectivity index (χ1v) is 7.75. The number of anilines is 1. The molecule has 3 rings (SSSR count). The smallest absolute Gasteiger partial charge is 0.0314 e. The van der Waals surface area contributed by atoms with Gasteiger partial charge in [0.05, 0.1) is 0 Å². The number of hydrogen-bond donors (Lipinski definition) is 1. The fourth-order valence-corrected chi connectivity index (χ4v) is 3.80. The molecule has 2 N–H and O–H groups in total. The molecule has 2 atom stereocenters. The Balaban J connectivity index is 1.68. The van der Waals surface area contributed by atoms with Crippen molar-refractivity contribution in [3.63, 3.8) is 0 Å². The molecule has 1 saturated carbocycles. The van der Waals surface area contributed by atoms with Gasteiger partial charge in [-0.05, 0) is 50.6 Å². The largest absolute Gasteiger partial charge is 0.399 e. The minimum absolute atomic E-state index is 0.411. The SMILES string of the molecule is CC1CN(CC2(c3ccc(N)cc3)CC2)CC1N(C)C. The molecule has 1 saturated heterocycles. The van der Waals surface area contributed by atoms with Crippen molar-refractivity contribution in [3.8, 4) is 0 Å². The van der Waals surface area contributed by atoms with Crippen molar-refractivity contribution in [2.24, 2.45) is 5.92 Å². The minimum Gasteiger partial charge on any atom is -0.399 e. The van der Waals surface area contributed by atoms with Gasteiger partial charge in [-0.3, -0.25) is 0 Å². The van der Waals surface area contributed by atoms with Gasteiger partial charge >= 0.3 is 0 Å². The Morgan fingerprint density at radius 2 is 1.85 bits per heavy atom. The molecular weight excluding hydrogens is 246 g/mol. The second-order valence-corrected chi connectivity index (χ2v) is 7.10. The van der Waals surface area contributed by atoms with Crippen LogP contribution in [0, 0.1) is 5.92 Å². The van der Waals surface area contributed by atoms with Gasteiger partial charge in [0, 0.05) is 36.8 Å². The molecule has 0 aromatic heterocycles. The molecule has 1 aliphatic heterocycles. The summed E-state index contributed by atoms with van der Waals surface area (Å²) in [5, 5.41) is 0. The molecule has 0 amide bonds. The van der Waals surface area contributed by atoms with Gasteiger partial charge in [0.15, 0.2) is 0 Å². The van der Waals surface area contributed by atoms with Crippen LogP contribution in [-0.4, -0.2) is 49.6 Å². The molecule has 3 nitrogen and oxygen atoms in total. The Morgan fingerprint density at radius 3 is 2.35 bits per heavy atom. The van der Waals surface area contributed by atoms with Crippen molar-refractivity contribution in [2.45, 2.75) is 31.2 Å². The third kappa shape index (κ3) is 2.57. The number of nitrogen functional groups attached to an aromatic ring is 1. The van der Waals surface area contributed by atoms with Gasteiger partial charge in [0.2, 0.25) is 0 Å². The first-order chi connectivity index (χ1) is 9.50. The molecule has 1 aromatic rings. The van der Waals surface area contributed by atoms with Gasteiger partial charge < -0.3 is 15.5 Å². The van der Waals surface area contributed by atoms with Crippen molar-refractivity contribution in [1.29, 1.82) is 0 Å². The number of benzene rings is 1. The van der Waals surface area contributed by atoms with Crippen molar-refractivity contribution >= 4 is 5.69 Å². The van der Waals surface area contributed by atoms with Crippen LogP contribution >= 0.6 is 0 Å². The predicted molar refractivity (Wildman–Crippen MR) is 84.8 cm³/mol. The average molecular weight is 273 g/mol. The molecule has 1 aromatic carbocycles. The van der Waals surface area contributed by atoms with E-state index >= 15 is 0 Å². The Kier molecular flexibility index (Phi) is 3.51. The molecule has 1 heterocycles. The van der Waals surface area contributed by atoms with Crippen molar-refractivity contribution < 1.29 is 0 Å². The Morgan fingerprint density at radius 1 is 1.20 bits per heavy atom. The van der Waals surface area contributed by atoms with E-state index in [2.05, 4.69) is 43.0 Å². The monoisotopic (exact) mass is 273 g/mol. The summed E-state index contributed by atoms with van der Waals surface area (Å²) in [6, 6.07) is 9.25. The predicted octanol–water partition coefficient (Wildman–Crippen LogP) is 2.18. The number of likely N-dealkylation sites (N-methyl/N-ethyl adjacent to an activating group) is 1. The average Bonchev–Trinajstić information content (AvgIpc) is 3.07. The summed E-state index contributed by atoms with van der Waals surface area (Å²) in [4.78, 5) is 5.05. The van der Waals surface area contributed by atoms with E-state index in [0.717, 1.165) is 11.6 Å². The number of likely N-dealkylation sites (tertiary alicyclic amines) is 1. The Labute approximate surface area is 122 Å². The highest BCUT2D eigenvalue weighted by Crippen LogP contribution is 2.49. The van der Waals surface area contributed by atoms with E-state index in [-0.39, 0.29) is 0 Å². The quantitative estimate of drug-likeness (QED) is 0.854. The first-order valence-electron chi connectivity index (χ1n) is 7.75. The summed E-state index contributed by atoms with van der Waals surface area (Å²) >= 11 is 0. The van der Waals surface area contributed by atoms with E-state index < -0.39 is 0 Å². The molecule has 110 valence electrons. The summed E-state index contributed by atoms with van der Waals surface area (Å²) in [7, 11) is 4.41. The molecule has 2 fully saturated rings. The maximum atomic E-state index is 5.81. The van der Waals surface area contributed by atoms with Crippen molar-refractivity contribution in [2.75, 3.05) is 39.5 Å². The highest BCUT2D eigenvalue weighted by atomic mass is 15.2. The molecule has 3 heteroatoms. The lowest BCUT2D eigenvalue weighted by atomic mass is 9.95.